The molecule has 1 N–H and O–H groups in total. The van der Waals surface area contributed by atoms with E-state index in [0.717, 1.165) is 38.2 Å². The largest absolute Gasteiger partial charge is 0.454 e. The van der Waals surface area contributed by atoms with Gasteiger partial charge in [-0.05, 0) is 45.3 Å². The summed E-state index contributed by atoms with van der Waals surface area (Å²) in [5.41, 5.74) is 4.40. The summed E-state index contributed by atoms with van der Waals surface area (Å²) in [6, 6.07) is 33.1. The number of anilines is 1. The maximum absolute atomic E-state index is 7.06. The molecule has 0 saturated carbocycles. The monoisotopic (exact) mass is 485 g/mol. The van der Waals surface area contributed by atoms with Gasteiger partial charge >= 0.3 is 0 Å². The van der Waals surface area contributed by atoms with Gasteiger partial charge in [0.2, 0.25) is 6.79 Å². The highest BCUT2D eigenvalue weighted by Gasteiger charge is 2.45. The van der Waals surface area contributed by atoms with E-state index in [1.807, 2.05) is 30.3 Å². The molecular formula is C27H20BrNO3. The fourth-order valence-electron chi connectivity index (χ4n) is 4.58. The molecule has 2 heterocycles. The first-order chi connectivity index (χ1) is 15.8. The van der Waals surface area contributed by atoms with Crippen LogP contribution in [0.1, 0.15) is 28.5 Å². The predicted molar refractivity (Wildman–Crippen MR) is 127 cm³/mol. The standard InChI is InChI=1S/C27H20BrNO3/c28-24-20(15-16-23-25(24)31-17-30-23)26-29-22-14-8-7-13-21(22)27(32-26,18-9-3-1-4-10-18)19-11-5-2-6-12-19/h1-16,26,29H,17H2/t26-/m0/s1. The number of fused-ring (bicyclic) bond motifs is 2. The van der Waals surface area contributed by atoms with Crippen LogP contribution in [0.2, 0.25) is 0 Å². The van der Waals surface area contributed by atoms with Crippen molar-refractivity contribution in [2.45, 2.75) is 11.8 Å². The Bertz CT molecular complexity index is 1240. The molecule has 2 aliphatic heterocycles. The number of nitrogens with one attached hydrogen (secondary N) is 1. The number of halogens is 1. The molecule has 5 heteroatoms. The summed E-state index contributed by atoms with van der Waals surface area (Å²) < 4.78 is 19.1. The van der Waals surface area contributed by atoms with E-state index in [9.17, 15) is 0 Å². The zero-order valence-electron chi connectivity index (χ0n) is 17.1. The first kappa shape index (κ1) is 19.4. The van der Waals surface area contributed by atoms with Crippen molar-refractivity contribution in [2.24, 2.45) is 0 Å². The van der Waals surface area contributed by atoms with Gasteiger partial charge in [-0.15, -0.1) is 0 Å². The number of ether oxygens (including phenoxy) is 3. The van der Waals surface area contributed by atoms with Gasteiger partial charge in [-0.25, -0.2) is 0 Å². The average molecular weight is 486 g/mol. The van der Waals surface area contributed by atoms with Crippen molar-refractivity contribution in [1.82, 2.24) is 0 Å². The Kier molecular flexibility index (Phi) is 4.67. The van der Waals surface area contributed by atoms with Gasteiger partial charge in [-0.2, -0.15) is 0 Å². The van der Waals surface area contributed by atoms with Crippen molar-refractivity contribution in [1.29, 1.82) is 0 Å². The molecule has 2 aliphatic rings. The molecule has 0 amide bonds. The molecule has 0 saturated heterocycles. The molecule has 4 nitrogen and oxygen atoms in total. The second kappa shape index (κ2) is 7.69. The average Bonchev–Trinajstić information content (AvgIpc) is 3.35. The van der Waals surface area contributed by atoms with Crippen LogP contribution >= 0.6 is 15.9 Å². The third-order valence-electron chi connectivity index (χ3n) is 6.04. The third-order valence-corrected chi connectivity index (χ3v) is 6.86. The molecule has 4 aromatic carbocycles. The molecule has 1 atom stereocenters. The SMILES string of the molecule is Brc1c([C@H]2Nc3ccccc3C(c3ccccc3)(c3ccccc3)O2)ccc2c1OCO2. The molecule has 4 aromatic rings. The summed E-state index contributed by atoms with van der Waals surface area (Å²) >= 11 is 3.73. The molecule has 158 valence electrons. The van der Waals surface area contributed by atoms with Crippen LogP contribution in [0.4, 0.5) is 5.69 Å². The van der Waals surface area contributed by atoms with Crippen molar-refractivity contribution in [3.63, 3.8) is 0 Å². The minimum atomic E-state index is -0.787. The van der Waals surface area contributed by atoms with Crippen LogP contribution in [0.25, 0.3) is 0 Å². The number of para-hydroxylation sites is 1. The van der Waals surface area contributed by atoms with Gasteiger partial charge in [0.05, 0.1) is 4.47 Å². The predicted octanol–water partition coefficient (Wildman–Crippen LogP) is 6.61. The maximum atomic E-state index is 7.06. The van der Waals surface area contributed by atoms with Gasteiger partial charge < -0.3 is 19.5 Å². The van der Waals surface area contributed by atoms with Crippen molar-refractivity contribution in [3.8, 4) is 11.5 Å². The maximum Gasteiger partial charge on any atom is 0.231 e. The Labute approximate surface area is 194 Å². The molecule has 0 aliphatic carbocycles. The van der Waals surface area contributed by atoms with Gasteiger partial charge in [-0.3, -0.25) is 0 Å². The van der Waals surface area contributed by atoms with E-state index in [0.29, 0.717) is 5.75 Å². The Morgan fingerprint density at radius 3 is 2.12 bits per heavy atom. The fraction of sp³-hybridized carbons (Fsp3) is 0.111. The van der Waals surface area contributed by atoms with E-state index in [1.165, 1.54) is 0 Å². The summed E-state index contributed by atoms with van der Waals surface area (Å²) in [4.78, 5) is 0. The van der Waals surface area contributed by atoms with Gasteiger partial charge in [0, 0.05) is 16.8 Å². The first-order valence-electron chi connectivity index (χ1n) is 10.5. The number of hydrogen-bond acceptors (Lipinski definition) is 4. The van der Waals surface area contributed by atoms with Crippen molar-refractivity contribution in [3.05, 3.63) is 124 Å². The zero-order chi connectivity index (χ0) is 21.5. The minimum Gasteiger partial charge on any atom is -0.454 e. The molecule has 0 spiro atoms. The molecule has 0 radical (unpaired) electrons. The van der Waals surface area contributed by atoms with Crippen molar-refractivity contribution in [2.75, 3.05) is 12.1 Å². The molecule has 0 fully saturated rings. The number of rotatable bonds is 3. The summed E-state index contributed by atoms with van der Waals surface area (Å²) in [7, 11) is 0. The highest BCUT2D eigenvalue weighted by atomic mass is 79.9. The Morgan fingerprint density at radius 2 is 1.41 bits per heavy atom. The smallest absolute Gasteiger partial charge is 0.231 e. The van der Waals surface area contributed by atoms with Gasteiger partial charge in [0.1, 0.15) is 5.60 Å². The van der Waals surface area contributed by atoms with Gasteiger partial charge in [0.25, 0.3) is 0 Å². The van der Waals surface area contributed by atoms with E-state index in [1.54, 1.807) is 0 Å². The zero-order valence-corrected chi connectivity index (χ0v) is 18.7. The van der Waals surface area contributed by atoms with Gasteiger partial charge in [-0.1, -0.05) is 78.9 Å². The summed E-state index contributed by atoms with van der Waals surface area (Å²) in [5, 5.41) is 3.59. The highest BCUT2D eigenvalue weighted by Crippen LogP contribution is 2.52. The lowest BCUT2D eigenvalue weighted by molar-refractivity contribution is -0.0436. The Balaban J connectivity index is 1.59. The first-order valence-corrected chi connectivity index (χ1v) is 11.3. The van der Waals surface area contributed by atoms with Crippen molar-refractivity contribution >= 4 is 21.6 Å². The molecular weight excluding hydrogens is 466 g/mol. The topological polar surface area (TPSA) is 39.7 Å². The van der Waals surface area contributed by atoms with Crippen LogP contribution in [0.3, 0.4) is 0 Å². The summed E-state index contributed by atoms with van der Waals surface area (Å²) in [6.07, 6.45) is -0.422. The highest BCUT2D eigenvalue weighted by molar-refractivity contribution is 9.10. The summed E-state index contributed by atoms with van der Waals surface area (Å²) in [5.74, 6) is 1.44. The molecule has 0 aromatic heterocycles. The molecule has 0 unspecified atom stereocenters. The minimum absolute atomic E-state index is 0.219. The van der Waals surface area contributed by atoms with Crippen LogP contribution in [-0.4, -0.2) is 6.79 Å². The molecule has 6 rings (SSSR count). The van der Waals surface area contributed by atoms with E-state index in [-0.39, 0.29) is 6.79 Å². The lowest BCUT2D eigenvalue weighted by Crippen LogP contribution is -2.40. The number of hydrogen-bond donors (Lipinski definition) is 1. The lowest BCUT2D eigenvalue weighted by atomic mass is 9.78. The van der Waals surface area contributed by atoms with Gasteiger partial charge in [0.15, 0.2) is 17.7 Å². The van der Waals surface area contributed by atoms with Crippen LogP contribution in [0, 0.1) is 0 Å². The van der Waals surface area contributed by atoms with Crippen LogP contribution < -0.4 is 14.8 Å². The van der Waals surface area contributed by atoms with E-state index >= 15 is 0 Å². The van der Waals surface area contributed by atoms with Crippen LogP contribution in [-0.2, 0) is 10.3 Å². The van der Waals surface area contributed by atoms with Crippen LogP contribution in [0.15, 0.2) is 102 Å². The van der Waals surface area contributed by atoms with E-state index < -0.39 is 11.8 Å². The second-order valence-electron chi connectivity index (χ2n) is 7.80. The van der Waals surface area contributed by atoms with Crippen molar-refractivity contribution < 1.29 is 14.2 Å². The molecule has 0 bridgehead atoms. The van der Waals surface area contributed by atoms with E-state index in [2.05, 4.69) is 88.0 Å². The third kappa shape index (κ3) is 2.93. The lowest BCUT2D eigenvalue weighted by Gasteiger charge is -2.44. The Hall–Kier alpha value is -3.28. The quantitative estimate of drug-likeness (QED) is 0.354. The Morgan fingerprint density at radius 1 is 0.750 bits per heavy atom. The van der Waals surface area contributed by atoms with Crippen LogP contribution in [0.5, 0.6) is 11.5 Å². The summed E-state index contributed by atoms with van der Waals surface area (Å²) in [6.45, 7) is 0.219. The normalized spacial score (nSPS) is 18.0. The molecule has 32 heavy (non-hydrogen) atoms. The van der Waals surface area contributed by atoms with E-state index in [4.69, 9.17) is 14.2 Å². The number of benzene rings is 4. The second-order valence-corrected chi connectivity index (χ2v) is 8.60. The fourth-order valence-corrected chi connectivity index (χ4v) is 5.23.